The fourth-order valence-electron chi connectivity index (χ4n) is 4.66. The number of nitrogens with zero attached hydrogens (tertiary/aromatic N) is 2. The van der Waals surface area contributed by atoms with Gasteiger partial charge < -0.3 is 15.4 Å². The van der Waals surface area contributed by atoms with Gasteiger partial charge in [-0.2, -0.15) is 5.26 Å². The van der Waals surface area contributed by atoms with Gasteiger partial charge in [0.2, 0.25) is 5.91 Å². The number of hydrogen-bond acceptors (Lipinski definition) is 5. The number of methoxy groups -OCH3 is 1. The van der Waals surface area contributed by atoms with E-state index in [1.807, 2.05) is 42.5 Å². The molecule has 0 bridgehead atoms. The van der Waals surface area contributed by atoms with Crippen LogP contribution in [0.5, 0.6) is 0 Å². The molecule has 2 heterocycles. The number of fused-ring (bicyclic) bond motifs is 3. The molecule has 0 aliphatic carbocycles. The topological polar surface area (TPSA) is 96.4 Å². The van der Waals surface area contributed by atoms with Crippen molar-refractivity contribution >= 4 is 33.9 Å². The Balaban J connectivity index is 2.04. The lowest BCUT2D eigenvalue weighted by Gasteiger charge is -2.35. The number of primary amides is 1. The predicted octanol–water partition coefficient (Wildman–Crippen LogP) is 3.11. The Labute approximate surface area is 176 Å². The van der Waals surface area contributed by atoms with Crippen molar-refractivity contribution in [2.45, 2.75) is 18.0 Å². The van der Waals surface area contributed by atoms with Gasteiger partial charge in [-0.25, -0.2) is 0 Å². The second kappa shape index (κ2) is 7.05. The van der Waals surface area contributed by atoms with Gasteiger partial charge in [0.05, 0.1) is 19.2 Å². The normalized spacial score (nSPS) is 26.9. The second-order valence-electron chi connectivity index (χ2n) is 7.14. The molecule has 4 rings (SSSR count). The van der Waals surface area contributed by atoms with Gasteiger partial charge in [-0.3, -0.25) is 9.59 Å². The van der Waals surface area contributed by atoms with E-state index in [-0.39, 0.29) is 0 Å². The Morgan fingerprint density at radius 2 is 1.90 bits per heavy atom. The van der Waals surface area contributed by atoms with Crippen molar-refractivity contribution < 1.29 is 14.3 Å². The summed E-state index contributed by atoms with van der Waals surface area (Å²) < 4.78 is 5.97. The standard InChI is InChI=1S/C22H18BrN3O3/c1-29-21(28)22(12-24)17(14-6-8-15(23)9-7-14)18(20(25)27)26-11-10-13-4-2-3-5-16(13)19(22)26/h2-11,17-19H,1H3,(H2,25,27)/t17-,18+,19-,22+/m1/s1. The van der Waals surface area contributed by atoms with Crippen molar-refractivity contribution in [2.24, 2.45) is 11.1 Å². The number of halogens is 1. The van der Waals surface area contributed by atoms with Crippen molar-refractivity contribution in [1.29, 1.82) is 5.26 Å². The number of carbonyl (C=O) groups is 2. The van der Waals surface area contributed by atoms with Crippen molar-refractivity contribution in [1.82, 2.24) is 4.90 Å². The fourth-order valence-corrected chi connectivity index (χ4v) is 4.92. The molecule has 0 radical (unpaired) electrons. The molecule has 0 saturated carbocycles. The molecule has 4 atom stereocenters. The smallest absolute Gasteiger partial charge is 0.329 e. The molecule has 2 aliphatic rings. The Morgan fingerprint density at radius 1 is 1.21 bits per heavy atom. The zero-order chi connectivity index (χ0) is 20.8. The van der Waals surface area contributed by atoms with Gasteiger partial charge in [-0.05, 0) is 34.9 Å². The first-order valence-electron chi connectivity index (χ1n) is 9.04. The van der Waals surface area contributed by atoms with Crippen LogP contribution in [-0.2, 0) is 14.3 Å². The van der Waals surface area contributed by atoms with Gasteiger partial charge in [0, 0.05) is 16.6 Å². The molecular weight excluding hydrogens is 434 g/mol. The van der Waals surface area contributed by atoms with Gasteiger partial charge in [0.25, 0.3) is 0 Å². The minimum absolute atomic E-state index is 0.604. The maximum Gasteiger partial charge on any atom is 0.329 e. The van der Waals surface area contributed by atoms with E-state index in [4.69, 9.17) is 10.5 Å². The number of ether oxygens (including phenoxy) is 1. The first-order chi connectivity index (χ1) is 14.0. The van der Waals surface area contributed by atoms with Gasteiger partial charge in [0.1, 0.15) is 6.04 Å². The number of esters is 1. The minimum Gasteiger partial charge on any atom is -0.468 e. The first-order valence-corrected chi connectivity index (χ1v) is 9.84. The Hall–Kier alpha value is -3.11. The average molecular weight is 452 g/mol. The van der Waals surface area contributed by atoms with Crippen LogP contribution in [-0.4, -0.2) is 29.9 Å². The summed E-state index contributed by atoms with van der Waals surface area (Å²) >= 11 is 3.40. The number of amides is 1. The highest BCUT2D eigenvalue weighted by Gasteiger charge is 2.67. The Bertz CT molecular complexity index is 1060. The zero-order valence-electron chi connectivity index (χ0n) is 15.6. The molecule has 1 saturated heterocycles. The molecular formula is C22H18BrN3O3. The van der Waals surface area contributed by atoms with Crippen LogP contribution in [0.2, 0.25) is 0 Å². The highest BCUT2D eigenvalue weighted by atomic mass is 79.9. The zero-order valence-corrected chi connectivity index (χ0v) is 17.2. The third-order valence-corrected chi connectivity index (χ3v) is 6.33. The van der Waals surface area contributed by atoms with Crippen molar-refractivity contribution in [2.75, 3.05) is 7.11 Å². The van der Waals surface area contributed by atoms with E-state index in [9.17, 15) is 14.9 Å². The van der Waals surface area contributed by atoms with Gasteiger partial charge in [-0.1, -0.05) is 52.3 Å². The maximum atomic E-state index is 13.2. The summed E-state index contributed by atoms with van der Waals surface area (Å²) in [5.74, 6) is -2.09. The third kappa shape index (κ3) is 2.67. The molecule has 146 valence electrons. The van der Waals surface area contributed by atoms with Crippen LogP contribution < -0.4 is 5.73 Å². The van der Waals surface area contributed by atoms with Gasteiger partial charge in [0.15, 0.2) is 5.41 Å². The molecule has 0 unspecified atom stereocenters. The Morgan fingerprint density at radius 3 is 2.52 bits per heavy atom. The number of rotatable bonds is 3. The molecule has 2 aliphatic heterocycles. The second-order valence-corrected chi connectivity index (χ2v) is 8.06. The average Bonchev–Trinajstić information content (AvgIpc) is 3.05. The van der Waals surface area contributed by atoms with Gasteiger partial charge >= 0.3 is 5.97 Å². The Kier molecular flexibility index (Phi) is 4.67. The van der Waals surface area contributed by atoms with E-state index in [1.54, 1.807) is 23.2 Å². The molecule has 1 fully saturated rings. The molecule has 2 aromatic rings. The van der Waals surface area contributed by atoms with Gasteiger partial charge in [-0.15, -0.1) is 0 Å². The molecule has 1 amide bonds. The van der Waals surface area contributed by atoms with E-state index in [0.717, 1.165) is 15.6 Å². The summed E-state index contributed by atoms with van der Waals surface area (Å²) in [5, 5.41) is 10.4. The molecule has 0 aromatic heterocycles. The summed E-state index contributed by atoms with van der Waals surface area (Å²) in [6.45, 7) is 0. The number of nitrogens with two attached hydrogens (primary N) is 1. The van der Waals surface area contributed by atoms with E-state index in [0.29, 0.717) is 5.56 Å². The van der Waals surface area contributed by atoms with E-state index >= 15 is 0 Å². The number of carbonyl (C=O) groups excluding carboxylic acids is 2. The SMILES string of the molecule is COC(=O)[C@@]1(C#N)[C@H](c2ccc(Br)cc2)[C@@H](C(N)=O)N2C=Cc3ccccc3[C@@H]21. The highest BCUT2D eigenvalue weighted by molar-refractivity contribution is 9.10. The lowest BCUT2D eigenvalue weighted by atomic mass is 9.67. The van der Waals surface area contributed by atoms with Crippen LogP contribution in [0.4, 0.5) is 0 Å². The van der Waals surface area contributed by atoms with Crippen molar-refractivity contribution in [3.8, 4) is 6.07 Å². The van der Waals surface area contributed by atoms with Crippen molar-refractivity contribution in [3.63, 3.8) is 0 Å². The van der Waals surface area contributed by atoms with Crippen LogP contribution in [0.25, 0.3) is 6.08 Å². The van der Waals surface area contributed by atoms with E-state index < -0.39 is 35.3 Å². The number of benzene rings is 2. The van der Waals surface area contributed by atoms with Crippen LogP contribution in [0, 0.1) is 16.7 Å². The molecule has 29 heavy (non-hydrogen) atoms. The molecule has 6 nitrogen and oxygen atoms in total. The van der Waals surface area contributed by atoms with Crippen LogP contribution >= 0.6 is 15.9 Å². The van der Waals surface area contributed by atoms with E-state index in [2.05, 4.69) is 22.0 Å². The third-order valence-electron chi connectivity index (χ3n) is 5.80. The fraction of sp³-hybridized carbons (Fsp3) is 0.227. The molecule has 2 aromatic carbocycles. The lowest BCUT2D eigenvalue weighted by molar-refractivity contribution is -0.151. The summed E-state index contributed by atoms with van der Waals surface area (Å²) in [7, 11) is 1.26. The first kappa shape index (κ1) is 19.2. The molecule has 7 heteroatoms. The largest absolute Gasteiger partial charge is 0.468 e. The highest BCUT2D eigenvalue weighted by Crippen LogP contribution is 2.60. The lowest BCUT2D eigenvalue weighted by Crippen LogP contribution is -2.42. The molecule has 0 spiro atoms. The summed E-state index contributed by atoms with van der Waals surface area (Å²) in [6, 6.07) is 15.4. The number of nitriles is 1. The summed E-state index contributed by atoms with van der Waals surface area (Å²) in [4.78, 5) is 27.5. The van der Waals surface area contributed by atoms with Crippen LogP contribution in [0.3, 0.4) is 0 Å². The monoisotopic (exact) mass is 451 g/mol. The molecule has 2 N–H and O–H groups in total. The number of hydrogen-bond donors (Lipinski definition) is 1. The minimum atomic E-state index is -1.65. The maximum absolute atomic E-state index is 13.2. The van der Waals surface area contributed by atoms with E-state index in [1.165, 1.54) is 7.11 Å². The quantitative estimate of drug-likeness (QED) is 0.722. The van der Waals surface area contributed by atoms with Crippen LogP contribution in [0.1, 0.15) is 28.7 Å². The summed E-state index contributed by atoms with van der Waals surface area (Å²) in [6.07, 6.45) is 3.61. The summed E-state index contributed by atoms with van der Waals surface area (Å²) in [5.41, 5.74) is 6.51. The predicted molar refractivity (Wildman–Crippen MR) is 110 cm³/mol. The van der Waals surface area contributed by atoms with Crippen LogP contribution in [0.15, 0.2) is 59.2 Å². The van der Waals surface area contributed by atoms with Crippen molar-refractivity contribution in [3.05, 3.63) is 75.9 Å².